The molecule has 2 heterocycles. The molecule has 0 saturated carbocycles. The van der Waals surface area contributed by atoms with Crippen molar-refractivity contribution in [1.29, 1.82) is 0 Å². The summed E-state index contributed by atoms with van der Waals surface area (Å²) in [5.74, 6) is 0.0384. The highest BCUT2D eigenvalue weighted by atomic mass is 16.1. The Morgan fingerprint density at radius 2 is 1.65 bits per heavy atom. The number of carbonyl (C=O) groups is 1. The monoisotopic (exact) mass is 344 g/mol. The van der Waals surface area contributed by atoms with E-state index in [1.807, 2.05) is 0 Å². The second kappa shape index (κ2) is 7.35. The van der Waals surface area contributed by atoms with E-state index in [-0.39, 0.29) is 5.91 Å². The number of carbonyl (C=O) groups excluding carboxylic acids is 1. The molecule has 1 N–H and O–H groups in total. The molecule has 0 spiro atoms. The maximum atomic E-state index is 12.1. The molecule has 0 aliphatic rings. The van der Waals surface area contributed by atoms with Gasteiger partial charge in [-0.1, -0.05) is 36.4 Å². The molecule has 0 aliphatic heterocycles. The molecule has 5 nitrogen and oxygen atoms in total. The van der Waals surface area contributed by atoms with Crippen LogP contribution in [0.3, 0.4) is 0 Å². The first-order chi connectivity index (χ1) is 12.8. The second-order valence-corrected chi connectivity index (χ2v) is 6.23. The zero-order valence-electron chi connectivity index (χ0n) is 14.4. The van der Waals surface area contributed by atoms with E-state index in [1.54, 1.807) is 18.6 Å². The van der Waals surface area contributed by atoms with Gasteiger partial charge in [-0.2, -0.15) is 0 Å². The van der Waals surface area contributed by atoms with Gasteiger partial charge in [0.05, 0.1) is 5.69 Å². The largest absolute Gasteiger partial charge is 0.354 e. The molecule has 26 heavy (non-hydrogen) atoms. The molecular weight excluding hydrogens is 324 g/mol. The number of aryl methyl sites for hydroxylation is 1. The number of hydrogen-bond acceptors (Lipinski definition) is 3. The normalized spacial score (nSPS) is 11.1. The highest BCUT2D eigenvalue weighted by Gasteiger charge is 2.09. The van der Waals surface area contributed by atoms with Crippen LogP contribution in [0.2, 0.25) is 0 Å². The van der Waals surface area contributed by atoms with Crippen LogP contribution < -0.4 is 5.32 Å². The highest BCUT2D eigenvalue weighted by Crippen LogP contribution is 2.28. The van der Waals surface area contributed by atoms with Gasteiger partial charge in [0.2, 0.25) is 5.91 Å². The Labute approximate surface area is 151 Å². The summed E-state index contributed by atoms with van der Waals surface area (Å²) < 4.78 is 2.27. The minimum absolute atomic E-state index is 0.0384. The van der Waals surface area contributed by atoms with E-state index >= 15 is 0 Å². The van der Waals surface area contributed by atoms with Crippen molar-refractivity contribution in [2.45, 2.75) is 19.4 Å². The number of rotatable bonds is 6. The number of amides is 1. The third kappa shape index (κ3) is 3.28. The van der Waals surface area contributed by atoms with E-state index in [2.05, 4.69) is 68.4 Å². The van der Waals surface area contributed by atoms with Gasteiger partial charge in [-0.05, 0) is 18.6 Å². The van der Waals surface area contributed by atoms with E-state index < -0.39 is 0 Å². The van der Waals surface area contributed by atoms with Crippen LogP contribution in [0, 0.1) is 0 Å². The van der Waals surface area contributed by atoms with Crippen molar-refractivity contribution in [2.75, 3.05) is 6.54 Å². The van der Waals surface area contributed by atoms with Crippen molar-refractivity contribution in [1.82, 2.24) is 19.9 Å². The van der Waals surface area contributed by atoms with Crippen molar-refractivity contribution in [2.24, 2.45) is 0 Å². The van der Waals surface area contributed by atoms with Crippen LogP contribution in [0.25, 0.3) is 21.8 Å². The summed E-state index contributed by atoms with van der Waals surface area (Å²) in [6, 6.07) is 16.8. The molecule has 5 heteroatoms. The van der Waals surface area contributed by atoms with Crippen LogP contribution in [0.5, 0.6) is 0 Å². The lowest BCUT2D eigenvalue weighted by molar-refractivity contribution is -0.121. The number of nitrogens with one attached hydrogen (secondary N) is 1. The maximum Gasteiger partial charge on any atom is 0.220 e. The number of nitrogens with zero attached hydrogens (tertiary/aromatic N) is 3. The number of hydrogen-bond donors (Lipinski definition) is 1. The van der Waals surface area contributed by atoms with Crippen LogP contribution in [0.15, 0.2) is 67.1 Å². The Kier molecular flexibility index (Phi) is 4.60. The average Bonchev–Trinajstić information content (AvgIpc) is 3.02. The number of aromatic nitrogens is 3. The van der Waals surface area contributed by atoms with Crippen molar-refractivity contribution in [3.63, 3.8) is 0 Å². The Morgan fingerprint density at radius 3 is 2.31 bits per heavy atom. The molecule has 2 aromatic heterocycles. The van der Waals surface area contributed by atoms with Gasteiger partial charge < -0.3 is 9.88 Å². The summed E-state index contributed by atoms with van der Waals surface area (Å²) in [6.45, 7) is 1.34. The van der Waals surface area contributed by atoms with Gasteiger partial charge in [0.25, 0.3) is 0 Å². The first-order valence-corrected chi connectivity index (χ1v) is 8.80. The summed E-state index contributed by atoms with van der Waals surface area (Å²) in [5, 5.41) is 5.51. The number of para-hydroxylation sites is 2. The lowest BCUT2D eigenvalue weighted by Gasteiger charge is -2.09. The Morgan fingerprint density at radius 1 is 0.962 bits per heavy atom. The van der Waals surface area contributed by atoms with E-state index in [4.69, 9.17) is 0 Å². The topological polar surface area (TPSA) is 59.8 Å². The smallest absolute Gasteiger partial charge is 0.220 e. The fourth-order valence-corrected chi connectivity index (χ4v) is 3.34. The Balaban J connectivity index is 1.42. The molecule has 4 rings (SSSR count). The number of benzene rings is 2. The van der Waals surface area contributed by atoms with Crippen LogP contribution in [-0.4, -0.2) is 27.0 Å². The summed E-state index contributed by atoms with van der Waals surface area (Å²) in [5.41, 5.74) is 3.23. The van der Waals surface area contributed by atoms with Crippen molar-refractivity contribution in [3.8, 4) is 0 Å². The van der Waals surface area contributed by atoms with Gasteiger partial charge >= 0.3 is 0 Å². The number of fused-ring (bicyclic) bond motifs is 3. The van der Waals surface area contributed by atoms with Crippen LogP contribution in [0.4, 0.5) is 0 Å². The lowest BCUT2D eigenvalue weighted by Crippen LogP contribution is -2.27. The summed E-state index contributed by atoms with van der Waals surface area (Å²) in [7, 11) is 0. The zero-order valence-corrected chi connectivity index (χ0v) is 14.4. The Bertz CT molecular complexity index is 986. The third-order valence-electron chi connectivity index (χ3n) is 4.56. The predicted molar refractivity (Wildman–Crippen MR) is 103 cm³/mol. The molecule has 0 unspecified atom stereocenters. The SMILES string of the molecule is O=C(CCc1cnccn1)NCCn1c2ccccc2c2ccccc21. The summed E-state index contributed by atoms with van der Waals surface area (Å²) >= 11 is 0. The second-order valence-electron chi connectivity index (χ2n) is 6.23. The average molecular weight is 344 g/mol. The van der Waals surface area contributed by atoms with Crippen LogP contribution in [-0.2, 0) is 17.8 Å². The van der Waals surface area contributed by atoms with Crippen LogP contribution in [0.1, 0.15) is 12.1 Å². The first kappa shape index (κ1) is 16.3. The van der Waals surface area contributed by atoms with E-state index in [9.17, 15) is 4.79 Å². The van der Waals surface area contributed by atoms with E-state index in [1.165, 1.54) is 21.8 Å². The molecule has 0 bridgehead atoms. The van der Waals surface area contributed by atoms with Gasteiger partial charge in [-0.25, -0.2) is 0 Å². The van der Waals surface area contributed by atoms with Gasteiger partial charge in [0.1, 0.15) is 0 Å². The summed E-state index contributed by atoms with van der Waals surface area (Å²) in [6.07, 6.45) is 6.01. The van der Waals surface area contributed by atoms with Gasteiger partial charge in [0, 0.05) is 59.9 Å². The molecule has 0 aliphatic carbocycles. The minimum Gasteiger partial charge on any atom is -0.354 e. The van der Waals surface area contributed by atoms with E-state index in [0.29, 0.717) is 19.4 Å². The quantitative estimate of drug-likeness (QED) is 0.584. The molecule has 4 aromatic rings. The molecule has 2 aromatic carbocycles. The predicted octanol–water partition coefficient (Wildman–Crippen LogP) is 3.33. The third-order valence-corrected chi connectivity index (χ3v) is 4.56. The van der Waals surface area contributed by atoms with E-state index in [0.717, 1.165) is 12.2 Å². The lowest BCUT2D eigenvalue weighted by atomic mass is 10.2. The molecule has 130 valence electrons. The standard InChI is InChI=1S/C21H20N4O/c26-21(10-9-16-15-22-11-12-23-16)24-13-14-25-19-7-3-1-5-17(19)18-6-2-4-8-20(18)25/h1-8,11-12,15H,9-10,13-14H2,(H,24,26). The van der Waals surface area contributed by atoms with Crippen molar-refractivity contribution < 1.29 is 4.79 Å². The van der Waals surface area contributed by atoms with Crippen molar-refractivity contribution in [3.05, 3.63) is 72.8 Å². The molecule has 0 fully saturated rings. The Hall–Kier alpha value is -3.21. The highest BCUT2D eigenvalue weighted by molar-refractivity contribution is 6.07. The van der Waals surface area contributed by atoms with Crippen molar-refractivity contribution >= 4 is 27.7 Å². The molecule has 0 atom stereocenters. The maximum absolute atomic E-state index is 12.1. The molecule has 0 radical (unpaired) electrons. The van der Waals surface area contributed by atoms with Gasteiger partial charge in [-0.15, -0.1) is 0 Å². The molecule has 1 amide bonds. The minimum atomic E-state index is 0.0384. The fourth-order valence-electron chi connectivity index (χ4n) is 3.34. The van der Waals surface area contributed by atoms with Crippen LogP contribution >= 0.6 is 0 Å². The first-order valence-electron chi connectivity index (χ1n) is 8.80. The zero-order chi connectivity index (χ0) is 17.8. The molecular formula is C21H20N4O. The fraction of sp³-hybridized carbons (Fsp3) is 0.190. The van der Waals surface area contributed by atoms with Gasteiger partial charge in [-0.3, -0.25) is 14.8 Å². The van der Waals surface area contributed by atoms with Gasteiger partial charge in [0.15, 0.2) is 0 Å². The molecule has 0 saturated heterocycles. The summed E-state index contributed by atoms with van der Waals surface area (Å²) in [4.78, 5) is 20.3.